The Morgan fingerprint density at radius 2 is 1.83 bits per heavy atom. The number of amides is 1. The van der Waals surface area contributed by atoms with E-state index in [1.165, 1.54) is 20.3 Å². The first kappa shape index (κ1) is 13.8. The van der Waals surface area contributed by atoms with Crippen LogP contribution in [-0.2, 0) is 4.79 Å². The predicted octanol–water partition coefficient (Wildman–Crippen LogP) is 0.827. The molecule has 18 heavy (non-hydrogen) atoms. The van der Waals surface area contributed by atoms with Gasteiger partial charge >= 0.3 is 5.97 Å². The molecular formula is C12H15NO5. The Kier molecular flexibility index (Phi) is 4.53. The van der Waals surface area contributed by atoms with E-state index in [-0.39, 0.29) is 5.56 Å². The molecule has 1 rings (SSSR count). The maximum Gasteiger partial charge on any atom is 0.322 e. The molecule has 2 N–H and O–H groups in total. The fourth-order valence-corrected chi connectivity index (χ4v) is 1.48. The summed E-state index contributed by atoms with van der Waals surface area (Å²) in [7, 11) is 2.93. The zero-order valence-corrected chi connectivity index (χ0v) is 10.4. The van der Waals surface area contributed by atoms with Crippen molar-refractivity contribution in [1.82, 2.24) is 5.32 Å². The fourth-order valence-electron chi connectivity index (χ4n) is 1.48. The van der Waals surface area contributed by atoms with E-state index in [0.29, 0.717) is 11.5 Å². The predicted molar refractivity (Wildman–Crippen MR) is 64.3 cm³/mol. The Labute approximate surface area is 105 Å². The van der Waals surface area contributed by atoms with E-state index >= 15 is 0 Å². The second kappa shape index (κ2) is 5.90. The highest BCUT2D eigenvalue weighted by atomic mass is 16.5. The topological polar surface area (TPSA) is 84.9 Å². The van der Waals surface area contributed by atoms with Gasteiger partial charge in [0.25, 0.3) is 5.91 Å². The van der Waals surface area contributed by atoms with Gasteiger partial charge in [0, 0.05) is 0 Å². The van der Waals surface area contributed by atoms with Crippen LogP contribution in [-0.4, -0.2) is 37.7 Å². The average molecular weight is 253 g/mol. The van der Waals surface area contributed by atoms with Crippen LogP contribution in [0.5, 0.6) is 11.5 Å². The molecule has 98 valence electrons. The highest BCUT2D eigenvalue weighted by Gasteiger charge is 2.16. The van der Waals surface area contributed by atoms with E-state index in [9.17, 15) is 9.59 Å². The van der Waals surface area contributed by atoms with Gasteiger partial charge in [-0.3, -0.25) is 9.59 Å². The van der Waals surface area contributed by atoms with E-state index < -0.39 is 18.4 Å². The number of carboxylic acids is 1. The van der Waals surface area contributed by atoms with Gasteiger partial charge in [-0.25, -0.2) is 0 Å². The molecule has 6 heteroatoms. The number of carboxylic acid groups (broad SMARTS) is 1. The minimum atomic E-state index is -1.11. The van der Waals surface area contributed by atoms with Gasteiger partial charge in [-0.2, -0.15) is 0 Å². The van der Waals surface area contributed by atoms with Crippen LogP contribution in [0.15, 0.2) is 12.1 Å². The van der Waals surface area contributed by atoms with E-state index in [0.717, 1.165) is 5.56 Å². The number of nitrogens with one attached hydrogen (secondary N) is 1. The molecule has 0 atom stereocenters. The summed E-state index contributed by atoms with van der Waals surface area (Å²) in [5, 5.41) is 10.8. The van der Waals surface area contributed by atoms with Gasteiger partial charge in [0.2, 0.25) is 0 Å². The van der Waals surface area contributed by atoms with E-state index in [4.69, 9.17) is 14.6 Å². The molecule has 0 bridgehead atoms. The van der Waals surface area contributed by atoms with E-state index in [1.54, 1.807) is 6.07 Å². The van der Waals surface area contributed by atoms with Gasteiger partial charge < -0.3 is 19.9 Å². The largest absolute Gasteiger partial charge is 0.496 e. The van der Waals surface area contributed by atoms with Crippen LogP contribution in [0.25, 0.3) is 0 Å². The molecule has 0 heterocycles. The number of aryl methyl sites for hydroxylation is 1. The second-order valence-electron chi connectivity index (χ2n) is 3.60. The van der Waals surface area contributed by atoms with Crippen LogP contribution in [0.2, 0.25) is 0 Å². The Bertz CT molecular complexity index is 470. The van der Waals surface area contributed by atoms with Crippen molar-refractivity contribution >= 4 is 11.9 Å². The lowest BCUT2D eigenvalue weighted by molar-refractivity contribution is -0.135. The van der Waals surface area contributed by atoms with Crippen molar-refractivity contribution in [2.24, 2.45) is 0 Å². The minimum absolute atomic E-state index is 0.237. The van der Waals surface area contributed by atoms with E-state index in [2.05, 4.69) is 5.32 Å². The van der Waals surface area contributed by atoms with Gasteiger partial charge in [-0.1, -0.05) is 0 Å². The average Bonchev–Trinajstić information content (AvgIpc) is 2.35. The lowest BCUT2D eigenvalue weighted by Crippen LogP contribution is -2.29. The van der Waals surface area contributed by atoms with Gasteiger partial charge in [-0.15, -0.1) is 0 Å². The number of carbonyl (C=O) groups excluding carboxylic acids is 1. The number of aliphatic carboxylic acids is 1. The van der Waals surface area contributed by atoms with Crippen LogP contribution in [0.1, 0.15) is 15.9 Å². The lowest BCUT2D eigenvalue weighted by atomic mass is 10.1. The van der Waals surface area contributed by atoms with E-state index in [1.807, 2.05) is 6.92 Å². The smallest absolute Gasteiger partial charge is 0.322 e. The molecule has 1 amide bonds. The molecule has 0 aliphatic rings. The number of rotatable bonds is 5. The molecule has 0 aliphatic heterocycles. The maximum absolute atomic E-state index is 11.8. The number of hydrogen-bond acceptors (Lipinski definition) is 4. The van der Waals surface area contributed by atoms with Gasteiger partial charge in [0.15, 0.2) is 0 Å². The van der Waals surface area contributed by atoms with Crippen molar-refractivity contribution in [2.75, 3.05) is 20.8 Å². The van der Waals surface area contributed by atoms with Crippen molar-refractivity contribution in [3.8, 4) is 11.5 Å². The van der Waals surface area contributed by atoms with Crippen molar-refractivity contribution in [3.05, 3.63) is 23.3 Å². The fraction of sp³-hybridized carbons (Fsp3) is 0.333. The van der Waals surface area contributed by atoms with Crippen molar-refractivity contribution in [3.63, 3.8) is 0 Å². The molecule has 0 spiro atoms. The zero-order chi connectivity index (χ0) is 13.7. The third-order valence-corrected chi connectivity index (χ3v) is 2.36. The normalized spacial score (nSPS) is 9.72. The van der Waals surface area contributed by atoms with Crippen LogP contribution in [0.3, 0.4) is 0 Å². The van der Waals surface area contributed by atoms with Crippen molar-refractivity contribution in [1.29, 1.82) is 0 Å². The third kappa shape index (κ3) is 3.13. The Hall–Kier alpha value is -2.24. The highest BCUT2D eigenvalue weighted by molar-refractivity contribution is 5.98. The van der Waals surface area contributed by atoms with Crippen molar-refractivity contribution in [2.45, 2.75) is 6.92 Å². The molecule has 0 saturated carbocycles. The van der Waals surface area contributed by atoms with Crippen molar-refractivity contribution < 1.29 is 24.2 Å². The maximum atomic E-state index is 11.8. The molecule has 6 nitrogen and oxygen atoms in total. The summed E-state index contributed by atoms with van der Waals surface area (Å²) in [5.41, 5.74) is 1.06. The number of methoxy groups -OCH3 is 2. The van der Waals surface area contributed by atoms with Gasteiger partial charge in [0.05, 0.1) is 19.8 Å². The summed E-state index contributed by atoms with van der Waals surface area (Å²) >= 11 is 0. The molecule has 0 aliphatic carbocycles. The number of benzene rings is 1. The number of ether oxygens (including phenoxy) is 2. The molecule has 0 aromatic heterocycles. The Morgan fingerprint density at radius 3 is 2.33 bits per heavy atom. The molecule has 1 aromatic carbocycles. The van der Waals surface area contributed by atoms with Gasteiger partial charge in [0.1, 0.15) is 18.0 Å². The standard InChI is InChI=1S/C12H15NO5/c1-7-4-10(18-3)8(5-9(7)17-2)12(16)13-6-11(14)15/h4-5H,6H2,1-3H3,(H,13,16)(H,14,15). The summed E-state index contributed by atoms with van der Waals surface area (Å²) < 4.78 is 10.2. The molecule has 0 saturated heterocycles. The van der Waals surface area contributed by atoms with Crippen LogP contribution in [0, 0.1) is 6.92 Å². The number of hydrogen-bond donors (Lipinski definition) is 2. The summed E-state index contributed by atoms with van der Waals surface area (Å²) in [6.07, 6.45) is 0. The minimum Gasteiger partial charge on any atom is -0.496 e. The summed E-state index contributed by atoms with van der Waals surface area (Å²) in [5.74, 6) is -0.721. The first-order chi connectivity index (χ1) is 8.49. The molecule has 0 fully saturated rings. The first-order valence-corrected chi connectivity index (χ1v) is 5.22. The summed E-state index contributed by atoms with van der Waals surface area (Å²) in [4.78, 5) is 22.2. The zero-order valence-electron chi connectivity index (χ0n) is 10.4. The van der Waals surface area contributed by atoms with Gasteiger partial charge in [-0.05, 0) is 24.6 Å². The first-order valence-electron chi connectivity index (χ1n) is 5.22. The Balaban J connectivity index is 3.05. The highest BCUT2D eigenvalue weighted by Crippen LogP contribution is 2.28. The third-order valence-electron chi connectivity index (χ3n) is 2.36. The summed E-state index contributed by atoms with van der Waals surface area (Å²) in [6, 6.07) is 3.18. The molecule has 0 radical (unpaired) electrons. The van der Waals surface area contributed by atoms with Crippen LogP contribution in [0.4, 0.5) is 0 Å². The number of carbonyl (C=O) groups is 2. The quantitative estimate of drug-likeness (QED) is 0.811. The molecule has 1 aromatic rings. The second-order valence-corrected chi connectivity index (χ2v) is 3.60. The van der Waals surface area contributed by atoms with Crippen LogP contribution < -0.4 is 14.8 Å². The molecular weight excluding hydrogens is 238 g/mol. The monoisotopic (exact) mass is 253 g/mol. The lowest BCUT2D eigenvalue weighted by Gasteiger charge is -2.12. The SMILES string of the molecule is COc1cc(C(=O)NCC(=O)O)c(OC)cc1C. The molecule has 0 unspecified atom stereocenters. The Morgan fingerprint density at radius 1 is 1.22 bits per heavy atom. The summed E-state index contributed by atoms with van der Waals surface area (Å²) in [6.45, 7) is 1.37. The van der Waals surface area contributed by atoms with Crippen LogP contribution >= 0.6 is 0 Å².